The summed E-state index contributed by atoms with van der Waals surface area (Å²) in [4.78, 5) is 0. The Morgan fingerprint density at radius 3 is 2.43 bits per heavy atom. The topological polar surface area (TPSA) is 12.0 Å². The van der Waals surface area contributed by atoms with Crippen LogP contribution in [0, 0.1) is 11.7 Å². The van der Waals surface area contributed by atoms with Gasteiger partial charge in [-0.15, -0.1) is 0 Å². The summed E-state index contributed by atoms with van der Waals surface area (Å²) in [7, 11) is 1.83. The van der Waals surface area contributed by atoms with Crippen molar-refractivity contribution in [3.63, 3.8) is 0 Å². The van der Waals surface area contributed by atoms with Crippen LogP contribution in [-0.4, -0.2) is 7.05 Å². The summed E-state index contributed by atoms with van der Waals surface area (Å²) in [6, 6.07) is 4.84. The molecule has 0 aliphatic rings. The lowest BCUT2D eigenvalue weighted by Gasteiger charge is -2.21. The number of hydrogen-bond acceptors (Lipinski definition) is 1. The summed E-state index contributed by atoms with van der Waals surface area (Å²) in [6.45, 7) is 4.10. The van der Waals surface area contributed by atoms with Crippen LogP contribution >= 0.6 is 11.6 Å². The van der Waals surface area contributed by atoms with E-state index in [1.165, 1.54) is 6.07 Å². The molecule has 0 aromatic heterocycles. The molecule has 0 saturated carbocycles. The first-order chi connectivity index (χ1) is 6.56. The Bertz CT molecular complexity index is 312. The van der Waals surface area contributed by atoms with Gasteiger partial charge < -0.3 is 5.32 Å². The molecule has 1 unspecified atom stereocenters. The van der Waals surface area contributed by atoms with Gasteiger partial charge in [0.1, 0.15) is 5.82 Å². The molecule has 0 fully saturated rings. The smallest absolute Gasteiger partial charge is 0.129 e. The van der Waals surface area contributed by atoms with Gasteiger partial charge in [-0.25, -0.2) is 4.39 Å². The van der Waals surface area contributed by atoms with Crippen LogP contribution in [0.3, 0.4) is 0 Å². The maximum Gasteiger partial charge on any atom is 0.129 e. The highest BCUT2D eigenvalue weighted by Crippen LogP contribution is 2.25. The fraction of sp³-hybridized carbons (Fsp3) is 0.455. The number of rotatable bonds is 3. The molecule has 1 atom stereocenters. The van der Waals surface area contributed by atoms with Crippen LogP contribution < -0.4 is 5.32 Å². The zero-order valence-corrected chi connectivity index (χ0v) is 9.40. The van der Waals surface area contributed by atoms with Crippen molar-refractivity contribution in [1.29, 1.82) is 0 Å². The zero-order valence-electron chi connectivity index (χ0n) is 8.64. The Kier molecular flexibility index (Phi) is 3.90. The molecule has 14 heavy (non-hydrogen) atoms. The quantitative estimate of drug-likeness (QED) is 0.815. The summed E-state index contributed by atoms with van der Waals surface area (Å²) < 4.78 is 13.5. The molecule has 0 aliphatic carbocycles. The second-order valence-electron chi connectivity index (χ2n) is 3.68. The Morgan fingerprint density at radius 2 is 2.00 bits per heavy atom. The van der Waals surface area contributed by atoms with Crippen molar-refractivity contribution in [3.05, 3.63) is 34.6 Å². The molecular weight excluding hydrogens is 201 g/mol. The van der Waals surface area contributed by atoms with E-state index in [0.29, 0.717) is 16.5 Å². The van der Waals surface area contributed by atoms with Gasteiger partial charge in [0.05, 0.1) is 0 Å². The van der Waals surface area contributed by atoms with E-state index in [2.05, 4.69) is 19.2 Å². The summed E-state index contributed by atoms with van der Waals surface area (Å²) >= 11 is 5.68. The zero-order chi connectivity index (χ0) is 10.7. The summed E-state index contributed by atoms with van der Waals surface area (Å²) in [5.74, 6) is 0.0984. The highest BCUT2D eigenvalue weighted by atomic mass is 35.5. The van der Waals surface area contributed by atoms with Gasteiger partial charge in [0.15, 0.2) is 0 Å². The van der Waals surface area contributed by atoms with E-state index in [1.54, 1.807) is 12.1 Å². The van der Waals surface area contributed by atoms with Gasteiger partial charge in [0.25, 0.3) is 0 Å². The maximum atomic E-state index is 13.5. The Balaban J connectivity index is 3.04. The van der Waals surface area contributed by atoms with Gasteiger partial charge in [-0.2, -0.15) is 0 Å². The Hall–Kier alpha value is -0.600. The van der Waals surface area contributed by atoms with Gasteiger partial charge in [0.2, 0.25) is 0 Å². The lowest BCUT2D eigenvalue weighted by atomic mass is 9.96. The molecule has 0 saturated heterocycles. The third kappa shape index (κ3) is 2.46. The minimum Gasteiger partial charge on any atom is -0.313 e. The monoisotopic (exact) mass is 215 g/mol. The van der Waals surface area contributed by atoms with E-state index >= 15 is 0 Å². The first kappa shape index (κ1) is 11.5. The molecule has 1 aromatic carbocycles. The van der Waals surface area contributed by atoms with Crippen molar-refractivity contribution in [1.82, 2.24) is 5.32 Å². The van der Waals surface area contributed by atoms with E-state index in [4.69, 9.17) is 11.6 Å². The molecule has 0 spiro atoms. The van der Waals surface area contributed by atoms with E-state index in [0.717, 1.165) is 0 Å². The predicted octanol–water partition coefficient (Wildman–Crippen LogP) is 3.40. The third-order valence-electron chi connectivity index (χ3n) is 2.28. The van der Waals surface area contributed by atoms with Crippen molar-refractivity contribution in [3.8, 4) is 0 Å². The van der Waals surface area contributed by atoms with Gasteiger partial charge in [-0.3, -0.25) is 0 Å². The molecule has 0 radical (unpaired) electrons. The lowest BCUT2D eigenvalue weighted by molar-refractivity contribution is 0.424. The number of nitrogens with one attached hydrogen (secondary N) is 1. The van der Waals surface area contributed by atoms with Crippen LogP contribution in [0.1, 0.15) is 25.5 Å². The van der Waals surface area contributed by atoms with Gasteiger partial charge >= 0.3 is 0 Å². The average Bonchev–Trinajstić information content (AvgIpc) is 2.09. The molecule has 3 heteroatoms. The second-order valence-corrected chi connectivity index (χ2v) is 4.11. The van der Waals surface area contributed by atoms with Crippen LogP contribution in [0.4, 0.5) is 4.39 Å². The molecule has 1 N–H and O–H groups in total. The molecule has 1 nitrogen and oxygen atoms in total. The summed E-state index contributed by atoms with van der Waals surface area (Å²) in [6.07, 6.45) is 0. The highest BCUT2D eigenvalue weighted by Gasteiger charge is 2.17. The van der Waals surface area contributed by atoms with Crippen molar-refractivity contribution < 1.29 is 4.39 Å². The van der Waals surface area contributed by atoms with Crippen molar-refractivity contribution in [2.24, 2.45) is 5.92 Å². The highest BCUT2D eigenvalue weighted by molar-refractivity contribution is 6.30. The normalized spacial score (nSPS) is 13.3. The summed E-state index contributed by atoms with van der Waals surface area (Å²) in [5.41, 5.74) is 0.673. The molecule has 0 aliphatic heterocycles. The van der Waals surface area contributed by atoms with Gasteiger partial charge in [0, 0.05) is 16.6 Å². The SMILES string of the molecule is CNC(c1ccc(Cl)cc1F)C(C)C. The van der Waals surface area contributed by atoms with Gasteiger partial charge in [-0.1, -0.05) is 31.5 Å². The van der Waals surface area contributed by atoms with Crippen LogP contribution in [0.2, 0.25) is 5.02 Å². The van der Waals surface area contributed by atoms with Crippen molar-refractivity contribution in [2.45, 2.75) is 19.9 Å². The molecule has 0 bridgehead atoms. The van der Waals surface area contributed by atoms with Crippen molar-refractivity contribution in [2.75, 3.05) is 7.05 Å². The fourth-order valence-electron chi connectivity index (χ4n) is 1.60. The molecule has 78 valence electrons. The molecule has 1 rings (SSSR count). The Morgan fingerprint density at radius 1 is 1.36 bits per heavy atom. The summed E-state index contributed by atoms with van der Waals surface area (Å²) in [5, 5.41) is 3.53. The van der Waals surface area contributed by atoms with Crippen LogP contribution in [0.25, 0.3) is 0 Å². The lowest BCUT2D eigenvalue weighted by Crippen LogP contribution is -2.22. The molecule has 0 heterocycles. The maximum absolute atomic E-state index is 13.5. The largest absolute Gasteiger partial charge is 0.313 e. The fourth-order valence-corrected chi connectivity index (χ4v) is 1.76. The number of halogens is 2. The minimum atomic E-state index is -0.245. The van der Waals surface area contributed by atoms with E-state index < -0.39 is 0 Å². The average molecular weight is 216 g/mol. The molecule has 0 amide bonds. The molecular formula is C11H15ClFN. The first-order valence-corrected chi connectivity index (χ1v) is 5.06. The van der Waals surface area contributed by atoms with Gasteiger partial charge in [-0.05, 0) is 25.1 Å². The van der Waals surface area contributed by atoms with Crippen LogP contribution in [0.15, 0.2) is 18.2 Å². The Labute approximate surface area is 89.3 Å². The molecule has 1 aromatic rings. The van der Waals surface area contributed by atoms with E-state index in [-0.39, 0.29) is 11.9 Å². The predicted molar refractivity (Wildman–Crippen MR) is 58.0 cm³/mol. The van der Waals surface area contributed by atoms with E-state index in [1.807, 2.05) is 7.05 Å². The second kappa shape index (κ2) is 4.76. The van der Waals surface area contributed by atoms with Crippen LogP contribution in [-0.2, 0) is 0 Å². The van der Waals surface area contributed by atoms with E-state index in [9.17, 15) is 4.39 Å². The van der Waals surface area contributed by atoms with Crippen LogP contribution in [0.5, 0.6) is 0 Å². The minimum absolute atomic E-state index is 0.0345. The number of benzene rings is 1. The first-order valence-electron chi connectivity index (χ1n) is 4.68. The number of hydrogen-bond donors (Lipinski definition) is 1. The third-order valence-corrected chi connectivity index (χ3v) is 2.51. The standard InChI is InChI=1S/C11H15ClFN/c1-7(2)11(14-3)9-5-4-8(12)6-10(9)13/h4-7,11,14H,1-3H3. The van der Waals surface area contributed by atoms with Crippen molar-refractivity contribution >= 4 is 11.6 Å².